The molecular formula is C37H43N5O7S. The lowest BCUT2D eigenvalue weighted by molar-refractivity contribution is 0.0914. The first-order chi connectivity index (χ1) is 24.0. The number of aromatic nitrogens is 2. The molecule has 2 saturated carbocycles. The van der Waals surface area contributed by atoms with Gasteiger partial charge in [-0.2, -0.15) is 12.7 Å². The van der Waals surface area contributed by atoms with Crippen molar-refractivity contribution in [1.82, 2.24) is 24.1 Å². The number of fused-ring (bicyclic) bond motifs is 5. The molecule has 13 heteroatoms. The normalized spacial score (nSPS) is 17.1. The molecule has 7 rings (SSSR count). The van der Waals surface area contributed by atoms with E-state index < -0.39 is 28.1 Å². The van der Waals surface area contributed by atoms with Crippen molar-refractivity contribution in [1.29, 1.82) is 0 Å². The van der Waals surface area contributed by atoms with Gasteiger partial charge >= 0.3 is 10.2 Å². The van der Waals surface area contributed by atoms with Crippen molar-refractivity contribution in [3.63, 3.8) is 0 Å². The predicted octanol–water partition coefficient (Wildman–Crippen LogP) is 5.43. The van der Waals surface area contributed by atoms with E-state index in [1.54, 1.807) is 26.2 Å². The van der Waals surface area contributed by atoms with E-state index in [0.29, 0.717) is 23.6 Å². The summed E-state index contributed by atoms with van der Waals surface area (Å²) < 4.78 is 42.1. The summed E-state index contributed by atoms with van der Waals surface area (Å²) in [6, 6.07) is 11.4. The van der Waals surface area contributed by atoms with Gasteiger partial charge in [-0.3, -0.25) is 9.59 Å². The number of carbonyl (C=O) groups is 2. The molecule has 264 valence electrons. The number of rotatable bonds is 10. The lowest BCUT2D eigenvalue weighted by Crippen LogP contribution is -2.39. The number of ether oxygens (including phenoxy) is 1. The first kappa shape index (κ1) is 34.0. The number of carbonyl (C=O) groups excluding carboxylic acids is 2. The minimum atomic E-state index is -4.01. The van der Waals surface area contributed by atoms with Crippen molar-refractivity contribution < 1.29 is 32.4 Å². The molecule has 2 fully saturated rings. The van der Waals surface area contributed by atoms with Gasteiger partial charge in [0.15, 0.2) is 5.69 Å². The zero-order valence-corrected chi connectivity index (χ0v) is 29.6. The quantitative estimate of drug-likeness (QED) is 0.198. The standard InChI is InChI=1S/C37H43N5O7S/c1-21(43)19-38-37(45)33-32(35(49-39-33)23-10-11-23)26-16-25-17-27(48-4)13-15-28(25)34-31(22-8-6-5-7-9-22)29-14-12-24(18-30(29)42(34)20-26)36(44)40-50(46,47)41(2)3/h12-18,21-23,43H,5-11,19-20H2,1-4H3,(H,38,45)(H,40,44)/t21-/m1/s1. The number of nitrogens with one attached hydrogen (secondary N) is 2. The Bertz CT molecular complexity index is 2120. The van der Waals surface area contributed by atoms with Crippen LogP contribution in [0.15, 0.2) is 40.9 Å². The summed E-state index contributed by atoms with van der Waals surface area (Å²) in [6.45, 7) is 1.99. The Morgan fingerprint density at radius 3 is 2.50 bits per heavy atom. The van der Waals surface area contributed by atoms with Crippen LogP contribution in [0.25, 0.3) is 33.8 Å². The van der Waals surface area contributed by atoms with E-state index in [-0.39, 0.29) is 29.6 Å². The van der Waals surface area contributed by atoms with Gasteiger partial charge < -0.3 is 24.3 Å². The molecule has 3 N–H and O–H groups in total. The molecule has 1 aliphatic heterocycles. The summed E-state index contributed by atoms with van der Waals surface area (Å²) in [4.78, 5) is 26.9. The minimum Gasteiger partial charge on any atom is -0.497 e. The highest BCUT2D eigenvalue weighted by Crippen LogP contribution is 2.50. The van der Waals surface area contributed by atoms with Crippen LogP contribution in [-0.2, 0) is 16.8 Å². The second-order valence-corrected chi connectivity index (χ2v) is 15.7. The molecule has 0 spiro atoms. The van der Waals surface area contributed by atoms with Crippen molar-refractivity contribution in [3.05, 3.63) is 70.1 Å². The molecule has 50 heavy (non-hydrogen) atoms. The molecule has 3 aliphatic rings. The summed E-state index contributed by atoms with van der Waals surface area (Å²) in [5.74, 6) is 0.604. The van der Waals surface area contributed by atoms with Crippen LogP contribution in [0.5, 0.6) is 5.75 Å². The number of benzene rings is 2. The van der Waals surface area contributed by atoms with Gasteiger partial charge in [0, 0.05) is 55.1 Å². The summed E-state index contributed by atoms with van der Waals surface area (Å²) in [5.41, 5.74) is 6.72. The van der Waals surface area contributed by atoms with Crippen LogP contribution in [0.3, 0.4) is 0 Å². The first-order valence-corrected chi connectivity index (χ1v) is 18.7. The zero-order valence-electron chi connectivity index (χ0n) is 28.8. The number of hydrogen-bond acceptors (Lipinski definition) is 8. The smallest absolute Gasteiger partial charge is 0.303 e. The molecule has 12 nitrogen and oxygen atoms in total. The fraction of sp³-hybridized carbons (Fsp3) is 0.432. The van der Waals surface area contributed by atoms with Crippen LogP contribution in [0.4, 0.5) is 0 Å². The Morgan fingerprint density at radius 1 is 1.06 bits per heavy atom. The maximum absolute atomic E-state index is 13.6. The van der Waals surface area contributed by atoms with Gasteiger partial charge in [-0.1, -0.05) is 30.5 Å². The van der Waals surface area contributed by atoms with E-state index in [1.807, 2.05) is 18.2 Å². The summed E-state index contributed by atoms with van der Waals surface area (Å²) >= 11 is 0. The predicted molar refractivity (Wildman–Crippen MR) is 190 cm³/mol. The van der Waals surface area contributed by atoms with Gasteiger partial charge in [0.2, 0.25) is 0 Å². The monoisotopic (exact) mass is 701 g/mol. The van der Waals surface area contributed by atoms with E-state index in [9.17, 15) is 23.1 Å². The number of aliphatic hydroxyl groups is 1. The molecule has 0 radical (unpaired) electrons. The maximum Gasteiger partial charge on any atom is 0.303 e. The van der Waals surface area contributed by atoms with E-state index in [1.165, 1.54) is 26.1 Å². The third kappa shape index (κ3) is 6.33. The molecule has 4 aromatic rings. The third-order valence-electron chi connectivity index (χ3n) is 10.0. The largest absolute Gasteiger partial charge is 0.497 e. The number of amides is 2. The SMILES string of the molecule is COc1ccc2c(c1)C=C(c1c(C(=O)NC[C@@H](C)O)noc1C1CC1)Cn1c-2c(C2CCCCC2)c2ccc(C(=O)NS(=O)(=O)N(C)C)cc21. The number of allylic oxidation sites excluding steroid dienone is 1. The zero-order chi connectivity index (χ0) is 35.3. The van der Waals surface area contributed by atoms with Crippen molar-refractivity contribution in [3.8, 4) is 17.0 Å². The van der Waals surface area contributed by atoms with Crippen molar-refractivity contribution in [2.24, 2.45) is 0 Å². The van der Waals surface area contributed by atoms with Gasteiger partial charge in [0.1, 0.15) is 11.5 Å². The number of aliphatic hydroxyl groups excluding tert-OH is 1. The van der Waals surface area contributed by atoms with Crippen molar-refractivity contribution >= 4 is 44.6 Å². The second kappa shape index (κ2) is 13.3. The highest BCUT2D eigenvalue weighted by atomic mass is 32.2. The van der Waals surface area contributed by atoms with E-state index in [2.05, 4.69) is 31.9 Å². The Balaban J connectivity index is 1.46. The Morgan fingerprint density at radius 2 is 1.82 bits per heavy atom. The summed E-state index contributed by atoms with van der Waals surface area (Å²) in [6.07, 6.45) is 8.68. The van der Waals surface area contributed by atoms with E-state index in [0.717, 1.165) is 76.1 Å². The molecular weight excluding hydrogens is 659 g/mol. The summed E-state index contributed by atoms with van der Waals surface area (Å²) in [7, 11) is 0.343. The van der Waals surface area contributed by atoms with E-state index >= 15 is 0 Å². The minimum absolute atomic E-state index is 0.0640. The van der Waals surface area contributed by atoms with Crippen LogP contribution in [0, 0.1) is 0 Å². The molecule has 2 aromatic carbocycles. The van der Waals surface area contributed by atoms with Gasteiger partial charge in [-0.25, -0.2) is 4.72 Å². The second-order valence-electron chi connectivity index (χ2n) is 13.9. The number of methoxy groups -OCH3 is 1. The molecule has 2 aliphatic carbocycles. The van der Waals surface area contributed by atoms with Crippen molar-refractivity contribution in [2.75, 3.05) is 27.7 Å². The fourth-order valence-electron chi connectivity index (χ4n) is 7.32. The van der Waals surface area contributed by atoms with Crippen LogP contribution in [-0.4, -0.2) is 73.2 Å². The topological polar surface area (TPSA) is 156 Å². The molecule has 3 heterocycles. The summed E-state index contributed by atoms with van der Waals surface area (Å²) in [5, 5.41) is 18.0. The lowest BCUT2D eigenvalue weighted by Gasteiger charge is -2.24. The molecule has 1 atom stereocenters. The van der Waals surface area contributed by atoms with Crippen LogP contribution in [0.2, 0.25) is 0 Å². The Labute approximate surface area is 291 Å². The maximum atomic E-state index is 13.6. The van der Waals surface area contributed by atoms with E-state index in [4.69, 9.17) is 9.26 Å². The Kier molecular flexibility index (Phi) is 9.08. The average molecular weight is 702 g/mol. The molecule has 0 saturated heterocycles. The highest BCUT2D eigenvalue weighted by Gasteiger charge is 2.37. The molecule has 0 unspecified atom stereocenters. The van der Waals surface area contributed by atoms with Gasteiger partial charge in [-0.15, -0.1) is 0 Å². The third-order valence-corrected chi connectivity index (χ3v) is 11.4. The average Bonchev–Trinajstić information content (AvgIpc) is 3.80. The van der Waals surface area contributed by atoms with Crippen LogP contribution in [0.1, 0.15) is 107 Å². The van der Waals surface area contributed by atoms with Crippen molar-refractivity contribution in [2.45, 2.75) is 76.4 Å². The fourth-order valence-corrected chi connectivity index (χ4v) is 7.85. The molecule has 2 aromatic heterocycles. The first-order valence-electron chi connectivity index (χ1n) is 17.2. The molecule has 0 bridgehead atoms. The molecule has 2 amide bonds. The van der Waals surface area contributed by atoms with Crippen LogP contribution < -0.4 is 14.8 Å². The lowest BCUT2D eigenvalue weighted by atomic mass is 9.81. The highest BCUT2D eigenvalue weighted by molar-refractivity contribution is 7.87. The number of nitrogens with zero attached hydrogens (tertiary/aromatic N) is 3. The van der Waals surface area contributed by atoms with Crippen LogP contribution >= 0.6 is 0 Å². The Hall–Kier alpha value is -4.46. The van der Waals surface area contributed by atoms with Gasteiger partial charge in [-0.05, 0) is 91.6 Å². The number of hydrogen-bond donors (Lipinski definition) is 3. The van der Waals surface area contributed by atoms with Gasteiger partial charge in [0.05, 0.1) is 24.5 Å². The van der Waals surface area contributed by atoms with Gasteiger partial charge in [0.25, 0.3) is 11.8 Å².